The van der Waals surface area contributed by atoms with E-state index in [-0.39, 0.29) is 4.90 Å². The number of anilines is 3. The number of thiazole rings is 1. The molecule has 7 aromatic carbocycles. The van der Waals surface area contributed by atoms with Crippen LogP contribution in [0.1, 0.15) is 23.4 Å². The average molecular weight is 854 g/mol. The maximum Gasteiger partial charge on any atom is 0.262 e. The topological polar surface area (TPSA) is 67.6 Å². The second-order valence-corrected chi connectivity index (χ2v) is 18.6. The van der Waals surface area contributed by atoms with E-state index >= 15 is 0 Å². The van der Waals surface area contributed by atoms with Crippen molar-refractivity contribution in [2.45, 2.75) is 29.6 Å². The van der Waals surface area contributed by atoms with E-state index in [0.717, 1.165) is 29.8 Å². The number of nitrogens with zero attached hydrogens (tertiary/aromatic N) is 3. The Bertz CT molecular complexity index is 3130. The van der Waals surface area contributed by atoms with Gasteiger partial charge in [-0.1, -0.05) is 138 Å². The Balaban J connectivity index is 0.000000379. The summed E-state index contributed by atoms with van der Waals surface area (Å²) in [4.78, 5) is 5.93. The van der Waals surface area contributed by atoms with Gasteiger partial charge in [0, 0.05) is 34.8 Å². The summed E-state index contributed by atoms with van der Waals surface area (Å²) in [5.74, 6) is 0. The third kappa shape index (κ3) is 8.18. The minimum Gasteiger partial charge on any atom is -0.744 e. The van der Waals surface area contributed by atoms with Crippen molar-refractivity contribution in [1.29, 1.82) is 0 Å². The Labute approximate surface area is 365 Å². The summed E-state index contributed by atoms with van der Waals surface area (Å²) in [5.41, 5.74) is 9.77. The largest absolute Gasteiger partial charge is 0.744 e. The van der Waals surface area contributed by atoms with Crippen molar-refractivity contribution in [3.63, 3.8) is 0 Å². The van der Waals surface area contributed by atoms with E-state index in [9.17, 15) is 13.0 Å². The monoisotopic (exact) mass is 853 g/mol. The molecule has 9 heteroatoms. The summed E-state index contributed by atoms with van der Waals surface area (Å²) in [6.07, 6.45) is 11.3. The molecule has 1 aliphatic heterocycles. The molecule has 10 rings (SSSR count). The van der Waals surface area contributed by atoms with Gasteiger partial charge < -0.3 is 14.4 Å². The molecule has 0 fully saturated rings. The standard InChI is InChI=1S/C45H36N3S2.C7H8O3S/c1-46-41(49-39-27-23-31-13-9-11-19-37(31)44(39)46)29-25-33-21-22-34(43(33)48(35-15-5-3-6-16-35)36-17-7-4-8-18-36)26-30-42-47(2)45-38-20-12-10-14-32(38)24-28-40(45)50-42;1-6-2-4-7(5-3-6)11(8,9)10/h3-20,23-30H,21-22H2,1-2H3;2-5H,1H3,(H,8,9,10)/q+1;/p-1. The maximum absolute atomic E-state index is 10.4. The Morgan fingerprint density at radius 2 is 1.30 bits per heavy atom. The van der Waals surface area contributed by atoms with Gasteiger partial charge in [0.1, 0.15) is 21.9 Å². The van der Waals surface area contributed by atoms with Crippen LogP contribution < -0.4 is 14.4 Å². The third-order valence-electron chi connectivity index (χ3n) is 11.2. The van der Waals surface area contributed by atoms with Gasteiger partial charge in [-0.05, 0) is 108 Å². The first-order valence-electron chi connectivity index (χ1n) is 20.1. The highest BCUT2D eigenvalue weighted by Gasteiger charge is 2.28. The number of aryl methyl sites for hydroxylation is 2. The molecular formula is C52H43N3O3S3. The lowest BCUT2D eigenvalue weighted by Gasteiger charge is -2.28. The van der Waals surface area contributed by atoms with Gasteiger partial charge in [0.2, 0.25) is 5.52 Å². The van der Waals surface area contributed by atoms with Crippen molar-refractivity contribution in [2.75, 3.05) is 16.8 Å². The van der Waals surface area contributed by atoms with Crippen LogP contribution >= 0.6 is 23.1 Å². The van der Waals surface area contributed by atoms with Crippen LogP contribution in [-0.2, 0) is 17.2 Å². The molecule has 0 bridgehead atoms. The van der Waals surface area contributed by atoms with Crippen molar-refractivity contribution in [3.05, 3.63) is 208 Å². The molecule has 0 saturated carbocycles. The summed E-state index contributed by atoms with van der Waals surface area (Å²) in [5, 5.41) is 7.62. The van der Waals surface area contributed by atoms with Gasteiger partial charge in [-0.3, -0.25) is 0 Å². The number of hydrogen-bond acceptors (Lipinski definition) is 7. The first-order chi connectivity index (χ1) is 29.6. The zero-order chi connectivity index (χ0) is 42.1. The van der Waals surface area contributed by atoms with Crippen molar-refractivity contribution in [2.24, 2.45) is 7.05 Å². The number of para-hydroxylation sites is 2. The molecule has 0 atom stereocenters. The van der Waals surface area contributed by atoms with Crippen molar-refractivity contribution in [3.8, 4) is 0 Å². The van der Waals surface area contributed by atoms with Crippen molar-refractivity contribution in [1.82, 2.24) is 0 Å². The quantitative estimate of drug-likeness (QED) is 0.118. The van der Waals surface area contributed by atoms with Crippen LogP contribution in [0.4, 0.5) is 17.1 Å². The summed E-state index contributed by atoms with van der Waals surface area (Å²) in [6.45, 7) is 1.82. The molecule has 0 radical (unpaired) electrons. The van der Waals surface area contributed by atoms with Gasteiger partial charge >= 0.3 is 0 Å². The highest BCUT2D eigenvalue weighted by molar-refractivity contribution is 8.03. The molecule has 61 heavy (non-hydrogen) atoms. The van der Waals surface area contributed by atoms with E-state index in [2.05, 4.69) is 186 Å². The lowest BCUT2D eigenvalue weighted by atomic mass is 10.1. The molecule has 0 saturated heterocycles. The van der Waals surface area contributed by atoms with Crippen molar-refractivity contribution >= 4 is 88.1 Å². The van der Waals surface area contributed by atoms with Crippen LogP contribution in [0.2, 0.25) is 0 Å². The van der Waals surface area contributed by atoms with Crippen LogP contribution in [0.25, 0.3) is 37.8 Å². The normalized spacial score (nSPS) is 15.4. The highest BCUT2D eigenvalue weighted by atomic mass is 32.2. The first kappa shape index (κ1) is 40.2. The number of aromatic nitrogens is 1. The van der Waals surface area contributed by atoms with Gasteiger partial charge in [0.15, 0.2) is 0 Å². The Morgan fingerprint density at radius 3 is 1.97 bits per heavy atom. The van der Waals surface area contributed by atoms with Crippen LogP contribution in [0.5, 0.6) is 0 Å². The predicted octanol–water partition coefficient (Wildman–Crippen LogP) is 12.8. The molecule has 0 unspecified atom stereocenters. The Hall–Kier alpha value is -6.23. The molecular weight excluding hydrogens is 811 g/mol. The van der Waals surface area contributed by atoms with Crippen LogP contribution in [0.3, 0.4) is 0 Å². The lowest BCUT2D eigenvalue weighted by molar-refractivity contribution is -0.641. The zero-order valence-corrected chi connectivity index (χ0v) is 36.5. The molecule has 1 aromatic heterocycles. The molecule has 0 amide bonds. The van der Waals surface area contributed by atoms with Crippen LogP contribution in [-0.4, -0.2) is 20.0 Å². The van der Waals surface area contributed by atoms with Gasteiger partial charge in [0.25, 0.3) is 5.01 Å². The zero-order valence-electron chi connectivity index (χ0n) is 34.0. The van der Waals surface area contributed by atoms with Gasteiger partial charge in [-0.2, -0.15) is 4.57 Å². The second-order valence-electron chi connectivity index (χ2n) is 15.1. The van der Waals surface area contributed by atoms with Gasteiger partial charge in [0.05, 0.1) is 26.7 Å². The van der Waals surface area contributed by atoms with E-state index in [1.807, 2.05) is 30.0 Å². The number of thioether (sulfide) groups is 1. The molecule has 1 aliphatic carbocycles. The number of allylic oxidation sites excluding steroid dienone is 5. The number of rotatable bonds is 7. The average Bonchev–Trinajstić information content (AvgIpc) is 3.95. The molecule has 8 aromatic rings. The molecule has 6 nitrogen and oxygen atoms in total. The number of hydrogen-bond donors (Lipinski definition) is 0. The number of benzene rings is 7. The summed E-state index contributed by atoms with van der Waals surface area (Å²) >= 11 is 3.71. The van der Waals surface area contributed by atoms with Crippen LogP contribution in [0.15, 0.2) is 208 Å². The fraction of sp³-hybridized carbons (Fsp3) is 0.0962. The maximum atomic E-state index is 10.4. The summed E-state index contributed by atoms with van der Waals surface area (Å²) < 4.78 is 34.8. The van der Waals surface area contributed by atoms with E-state index in [4.69, 9.17) is 0 Å². The smallest absolute Gasteiger partial charge is 0.262 e. The fourth-order valence-electron chi connectivity index (χ4n) is 8.14. The molecule has 2 aliphatic rings. The van der Waals surface area contributed by atoms with Crippen LogP contribution in [0, 0.1) is 6.92 Å². The Morgan fingerprint density at radius 1 is 0.689 bits per heavy atom. The summed E-state index contributed by atoms with van der Waals surface area (Å²) in [7, 11) is 0.127. The molecule has 0 spiro atoms. The minimum absolute atomic E-state index is 0.178. The van der Waals surface area contributed by atoms with E-state index in [0.29, 0.717) is 0 Å². The second kappa shape index (κ2) is 17.0. The van der Waals surface area contributed by atoms with E-state index in [1.54, 1.807) is 12.1 Å². The minimum atomic E-state index is -4.27. The molecule has 302 valence electrons. The lowest BCUT2D eigenvalue weighted by Crippen LogP contribution is -2.29. The fourth-order valence-corrected chi connectivity index (χ4v) is 10.7. The van der Waals surface area contributed by atoms with E-state index < -0.39 is 10.1 Å². The van der Waals surface area contributed by atoms with Crippen molar-refractivity contribution < 1.29 is 17.5 Å². The van der Waals surface area contributed by atoms with Gasteiger partial charge in [-0.15, -0.1) is 0 Å². The SMILES string of the molecule is CN1/C(=C/C=C2\CCC(/C=C/c3sc4ccc5ccccc5c4[n+]3C)=C2N(c2ccccc2)c2ccccc2)Sc2ccc3ccccc3c21.Cc1ccc(S(=O)(=O)[O-])cc1. The predicted molar refractivity (Wildman–Crippen MR) is 254 cm³/mol. The molecule has 0 N–H and O–H groups in total. The highest BCUT2D eigenvalue weighted by Crippen LogP contribution is 2.49. The summed E-state index contributed by atoms with van der Waals surface area (Å²) in [6, 6.07) is 53.8. The third-order valence-corrected chi connectivity index (χ3v) is 14.4. The Kier molecular flexibility index (Phi) is 11.2. The van der Waals surface area contributed by atoms with Gasteiger partial charge in [-0.25, -0.2) is 8.42 Å². The number of fused-ring (bicyclic) bond motifs is 6. The van der Waals surface area contributed by atoms with E-state index in [1.165, 1.54) is 81.4 Å². The molecule has 2 heterocycles. The first-order valence-corrected chi connectivity index (χ1v) is 23.2.